The minimum atomic E-state index is -0.297. The molecule has 4 saturated carbocycles. The summed E-state index contributed by atoms with van der Waals surface area (Å²) < 4.78 is 5.91. The summed E-state index contributed by atoms with van der Waals surface area (Å²) in [4.78, 5) is 23.7. The van der Waals surface area contributed by atoms with Crippen molar-refractivity contribution < 1.29 is 14.3 Å². The summed E-state index contributed by atoms with van der Waals surface area (Å²) in [5.41, 5.74) is 0.181. The van der Waals surface area contributed by atoms with E-state index in [4.69, 9.17) is 4.74 Å². The van der Waals surface area contributed by atoms with Gasteiger partial charge in [-0.3, -0.25) is 9.59 Å². The lowest BCUT2D eigenvalue weighted by atomic mass is 9.44. The van der Waals surface area contributed by atoms with Gasteiger partial charge >= 0.3 is 5.97 Å². The monoisotopic (exact) mass is 346 g/mol. The summed E-state index contributed by atoms with van der Waals surface area (Å²) in [5, 5.41) is 0. The number of rotatable bonds is 1. The Balaban J connectivity index is 1.62. The van der Waals surface area contributed by atoms with Gasteiger partial charge in [0.1, 0.15) is 11.4 Å². The number of carbonyl (C=O) groups excluding carboxylic acids is 2. The van der Waals surface area contributed by atoms with Gasteiger partial charge in [-0.2, -0.15) is 0 Å². The Hall–Kier alpha value is -0.860. The van der Waals surface area contributed by atoms with Crippen LogP contribution >= 0.6 is 0 Å². The molecule has 25 heavy (non-hydrogen) atoms. The van der Waals surface area contributed by atoms with Crippen molar-refractivity contribution in [2.75, 3.05) is 0 Å². The molecule has 4 aliphatic rings. The van der Waals surface area contributed by atoms with Crippen molar-refractivity contribution in [2.45, 2.75) is 91.1 Å². The molecular formula is C22H34O3. The highest BCUT2D eigenvalue weighted by Crippen LogP contribution is 2.68. The lowest BCUT2D eigenvalue weighted by Gasteiger charge is -2.61. The molecule has 0 bridgehead atoms. The third-order valence-electron chi connectivity index (χ3n) is 9.38. The number of fused-ring (bicyclic) bond motifs is 5. The molecule has 0 radical (unpaired) electrons. The van der Waals surface area contributed by atoms with E-state index < -0.39 is 0 Å². The van der Waals surface area contributed by atoms with Crippen LogP contribution in [0.2, 0.25) is 0 Å². The fourth-order valence-electron chi connectivity index (χ4n) is 7.76. The average molecular weight is 347 g/mol. The molecule has 0 unspecified atom stereocenters. The average Bonchev–Trinajstić information content (AvgIpc) is 2.79. The van der Waals surface area contributed by atoms with Crippen LogP contribution in [0.25, 0.3) is 0 Å². The van der Waals surface area contributed by atoms with Gasteiger partial charge in [0.2, 0.25) is 0 Å². The number of Topliss-reactive ketones (excluding diaryl/α,β-unsaturated/α-hetero) is 1. The Bertz CT molecular complexity index is 598. The first-order chi connectivity index (χ1) is 11.7. The number of carbonyl (C=O) groups is 2. The third-order valence-corrected chi connectivity index (χ3v) is 9.38. The summed E-state index contributed by atoms with van der Waals surface area (Å²) in [7, 11) is 0. The summed E-state index contributed by atoms with van der Waals surface area (Å²) in [5.74, 6) is 3.16. The molecule has 0 amide bonds. The zero-order valence-corrected chi connectivity index (χ0v) is 16.4. The van der Waals surface area contributed by atoms with Gasteiger partial charge < -0.3 is 4.74 Å². The fraction of sp³-hybridized carbons (Fsp3) is 0.909. The predicted molar refractivity (Wildman–Crippen MR) is 96.9 cm³/mol. The van der Waals surface area contributed by atoms with Gasteiger partial charge in [0.15, 0.2) is 0 Å². The van der Waals surface area contributed by atoms with Crippen LogP contribution in [0.3, 0.4) is 0 Å². The van der Waals surface area contributed by atoms with Crippen LogP contribution in [0.15, 0.2) is 0 Å². The molecule has 0 aromatic heterocycles. The highest BCUT2D eigenvalue weighted by Gasteiger charge is 2.64. The van der Waals surface area contributed by atoms with Crippen LogP contribution in [0, 0.1) is 34.5 Å². The number of hydrogen-bond donors (Lipinski definition) is 0. The van der Waals surface area contributed by atoms with E-state index in [1.54, 1.807) is 6.92 Å². The van der Waals surface area contributed by atoms with Gasteiger partial charge in [0, 0.05) is 25.2 Å². The van der Waals surface area contributed by atoms with E-state index in [1.807, 2.05) is 0 Å². The van der Waals surface area contributed by atoms with Crippen LogP contribution in [0.5, 0.6) is 0 Å². The van der Waals surface area contributed by atoms with Crippen LogP contribution in [0.1, 0.15) is 85.5 Å². The maximum absolute atomic E-state index is 12.0. The zero-order chi connectivity index (χ0) is 18.0. The number of esters is 1. The molecule has 3 nitrogen and oxygen atoms in total. The molecule has 7 atom stereocenters. The molecule has 0 heterocycles. The van der Waals surface area contributed by atoms with Gasteiger partial charge in [-0.05, 0) is 81.0 Å². The SMILES string of the molecule is CC(=O)O[C@@]1(C)CC[C@@H]2[C@@H]3CC[C@H]4CC(=O)CC[C@]4(C)[C@@H]3CC[C@@]21C. The lowest BCUT2D eigenvalue weighted by Crippen LogP contribution is -2.56. The third kappa shape index (κ3) is 2.36. The number of ether oxygens (including phenoxy) is 1. The normalized spacial score (nSPS) is 52.1. The fourth-order valence-corrected chi connectivity index (χ4v) is 7.76. The number of hydrogen-bond acceptors (Lipinski definition) is 3. The van der Waals surface area contributed by atoms with Crippen LogP contribution in [-0.2, 0) is 14.3 Å². The highest BCUT2D eigenvalue weighted by atomic mass is 16.6. The van der Waals surface area contributed by atoms with Crippen molar-refractivity contribution in [3.05, 3.63) is 0 Å². The van der Waals surface area contributed by atoms with E-state index >= 15 is 0 Å². The van der Waals surface area contributed by atoms with Gasteiger partial charge in [0.25, 0.3) is 0 Å². The maximum atomic E-state index is 12.0. The molecule has 0 N–H and O–H groups in total. The minimum absolute atomic E-state index is 0.119. The first kappa shape index (κ1) is 17.5. The van der Waals surface area contributed by atoms with Gasteiger partial charge in [0.05, 0.1) is 0 Å². The largest absolute Gasteiger partial charge is 0.459 e. The van der Waals surface area contributed by atoms with Crippen molar-refractivity contribution in [3.8, 4) is 0 Å². The molecule has 4 fully saturated rings. The van der Waals surface area contributed by atoms with E-state index in [-0.39, 0.29) is 17.0 Å². The molecule has 140 valence electrons. The molecule has 3 heteroatoms. The summed E-state index contributed by atoms with van der Waals surface area (Å²) >= 11 is 0. The van der Waals surface area contributed by atoms with E-state index in [1.165, 1.54) is 32.1 Å². The van der Waals surface area contributed by atoms with Crippen molar-refractivity contribution >= 4 is 11.8 Å². The van der Waals surface area contributed by atoms with Crippen molar-refractivity contribution in [1.82, 2.24) is 0 Å². The topological polar surface area (TPSA) is 43.4 Å². The van der Waals surface area contributed by atoms with E-state index in [2.05, 4.69) is 20.8 Å². The molecule has 4 aliphatic carbocycles. The first-order valence-corrected chi connectivity index (χ1v) is 10.4. The van der Waals surface area contributed by atoms with Gasteiger partial charge in [-0.15, -0.1) is 0 Å². The quantitative estimate of drug-likeness (QED) is 0.633. The van der Waals surface area contributed by atoms with E-state index in [9.17, 15) is 9.59 Å². The molecule has 4 rings (SSSR count). The molecular weight excluding hydrogens is 312 g/mol. The summed E-state index contributed by atoms with van der Waals surface area (Å²) in [6.07, 6.45) is 9.83. The molecule has 0 spiro atoms. The van der Waals surface area contributed by atoms with Crippen LogP contribution in [0.4, 0.5) is 0 Å². The van der Waals surface area contributed by atoms with E-state index in [0.717, 1.165) is 37.5 Å². The molecule has 0 aromatic carbocycles. The Morgan fingerprint density at radius 3 is 2.44 bits per heavy atom. The molecule has 0 saturated heterocycles. The smallest absolute Gasteiger partial charge is 0.303 e. The molecule has 0 aliphatic heterocycles. The maximum Gasteiger partial charge on any atom is 0.303 e. The summed E-state index contributed by atoms with van der Waals surface area (Å²) in [6.45, 7) is 8.62. The second-order valence-corrected chi connectivity index (χ2v) is 10.2. The van der Waals surface area contributed by atoms with Crippen molar-refractivity contribution in [2.24, 2.45) is 34.5 Å². The Kier molecular flexibility index (Phi) is 3.91. The standard InChI is InChI=1S/C22H34O3/c1-14(23)25-22(4)12-9-19-17-6-5-15-13-16(24)7-10-20(15,2)18(17)8-11-21(19,22)3/h15,17-19H,5-13H2,1-4H3/t15-,17+,18+,19+,20-,21-,22-/m0/s1. The van der Waals surface area contributed by atoms with Crippen LogP contribution < -0.4 is 0 Å². The Morgan fingerprint density at radius 1 is 1.00 bits per heavy atom. The Labute approximate surface area is 152 Å². The first-order valence-electron chi connectivity index (χ1n) is 10.4. The second-order valence-electron chi connectivity index (χ2n) is 10.2. The highest BCUT2D eigenvalue weighted by molar-refractivity contribution is 5.79. The molecule has 0 aromatic rings. The van der Waals surface area contributed by atoms with Crippen molar-refractivity contribution in [1.29, 1.82) is 0 Å². The Morgan fingerprint density at radius 2 is 1.72 bits per heavy atom. The van der Waals surface area contributed by atoms with Crippen molar-refractivity contribution in [3.63, 3.8) is 0 Å². The summed E-state index contributed by atoms with van der Waals surface area (Å²) in [6, 6.07) is 0. The second kappa shape index (κ2) is 5.57. The van der Waals surface area contributed by atoms with Crippen LogP contribution in [-0.4, -0.2) is 17.4 Å². The van der Waals surface area contributed by atoms with Gasteiger partial charge in [-0.1, -0.05) is 13.8 Å². The minimum Gasteiger partial charge on any atom is -0.459 e. The van der Waals surface area contributed by atoms with E-state index in [0.29, 0.717) is 23.0 Å². The van der Waals surface area contributed by atoms with Gasteiger partial charge in [-0.25, -0.2) is 0 Å². The lowest BCUT2D eigenvalue weighted by molar-refractivity contribution is -0.183. The zero-order valence-electron chi connectivity index (χ0n) is 16.4. The predicted octanol–water partition coefficient (Wildman–Crippen LogP) is 4.92. The number of ketones is 1.